The van der Waals surface area contributed by atoms with E-state index in [-0.39, 0.29) is 5.91 Å². The van der Waals surface area contributed by atoms with Gasteiger partial charge in [0.15, 0.2) is 0 Å². The SMILES string of the molecule is CCCN(CCC)CCC(=O)N(C)Cc1ccccc1. The highest BCUT2D eigenvalue weighted by Gasteiger charge is 2.11. The Labute approximate surface area is 123 Å². The van der Waals surface area contributed by atoms with Gasteiger partial charge in [0.1, 0.15) is 0 Å². The molecule has 0 bridgehead atoms. The van der Waals surface area contributed by atoms with Crippen molar-refractivity contribution in [3.05, 3.63) is 35.9 Å². The second-order valence-electron chi connectivity index (χ2n) is 5.33. The van der Waals surface area contributed by atoms with E-state index in [0.29, 0.717) is 13.0 Å². The van der Waals surface area contributed by atoms with Crippen molar-refractivity contribution in [2.45, 2.75) is 39.7 Å². The summed E-state index contributed by atoms with van der Waals surface area (Å²) in [6.07, 6.45) is 2.91. The Balaban J connectivity index is 2.37. The first-order chi connectivity index (χ1) is 9.67. The van der Waals surface area contributed by atoms with Crippen molar-refractivity contribution >= 4 is 5.91 Å². The lowest BCUT2D eigenvalue weighted by Crippen LogP contribution is -2.32. The third-order valence-electron chi connectivity index (χ3n) is 3.41. The lowest BCUT2D eigenvalue weighted by Gasteiger charge is -2.23. The number of hydrogen-bond acceptors (Lipinski definition) is 2. The predicted octanol–water partition coefficient (Wildman–Crippen LogP) is 3.16. The van der Waals surface area contributed by atoms with E-state index in [4.69, 9.17) is 0 Å². The summed E-state index contributed by atoms with van der Waals surface area (Å²) in [4.78, 5) is 16.4. The molecule has 3 nitrogen and oxygen atoms in total. The first-order valence-electron chi connectivity index (χ1n) is 7.67. The van der Waals surface area contributed by atoms with Gasteiger partial charge in [-0.1, -0.05) is 44.2 Å². The zero-order valence-corrected chi connectivity index (χ0v) is 13.1. The van der Waals surface area contributed by atoms with Gasteiger partial charge in [0.05, 0.1) is 0 Å². The highest BCUT2D eigenvalue weighted by atomic mass is 16.2. The molecule has 0 saturated heterocycles. The van der Waals surface area contributed by atoms with Crippen molar-refractivity contribution in [2.75, 3.05) is 26.7 Å². The fraction of sp³-hybridized carbons (Fsp3) is 0.588. The van der Waals surface area contributed by atoms with Crippen molar-refractivity contribution < 1.29 is 4.79 Å². The largest absolute Gasteiger partial charge is 0.341 e. The molecular weight excluding hydrogens is 248 g/mol. The summed E-state index contributed by atoms with van der Waals surface area (Å²) < 4.78 is 0. The number of carbonyl (C=O) groups excluding carboxylic acids is 1. The van der Waals surface area contributed by atoms with Crippen LogP contribution in [0.25, 0.3) is 0 Å². The van der Waals surface area contributed by atoms with Crippen LogP contribution in [0, 0.1) is 0 Å². The third kappa shape index (κ3) is 6.20. The van der Waals surface area contributed by atoms with Crippen molar-refractivity contribution in [3.8, 4) is 0 Å². The molecule has 1 aromatic rings. The van der Waals surface area contributed by atoms with Gasteiger partial charge in [-0.05, 0) is 31.5 Å². The summed E-state index contributed by atoms with van der Waals surface area (Å²) in [5.74, 6) is 0.228. The molecule has 1 aromatic carbocycles. The van der Waals surface area contributed by atoms with Crippen molar-refractivity contribution in [1.82, 2.24) is 9.80 Å². The average Bonchev–Trinajstić information content (AvgIpc) is 2.46. The first-order valence-corrected chi connectivity index (χ1v) is 7.67. The lowest BCUT2D eigenvalue weighted by atomic mass is 10.2. The minimum atomic E-state index is 0.228. The summed E-state index contributed by atoms with van der Waals surface area (Å²) in [5.41, 5.74) is 1.18. The van der Waals surface area contributed by atoms with Crippen LogP contribution in [0.1, 0.15) is 38.7 Å². The molecular formula is C17H28N2O. The number of carbonyl (C=O) groups is 1. The minimum absolute atomic E-state index is 0.228. The van der Waals surface area contributed by atoms with E-state index >= 15 is 0 Å². The number of hydrogen-bond donors (Lipinski definition) is 0. The Morgan fingerprint density at radius 1 is 1.00 bits per heavy atom. The molecule has 0 aromatic heterocycles. The zero-order chi connectivity index (χ0) is 14.8. The van der Waals surface area contributed by atoms with Gasteiger partial charge in [-0.15, -0.1) is 0 Å². The molecule has 20 heavy (non-hydrogen) atoms. The Kier molecular flexibility index (Phi) is 7.97. The summed E-state index contributed by atoms with van der Waals surface area (Å²) in [6, 6.07) is 10.1. The summed E-state index contributed by atoms with van der Waals surface area (Å²) in [5, 5.41) is 0. The molecule has 0 fully saturated rings. The molecule has 0 atom stereocenters. The van der Waals surface area contributed by atoms with Crippen LogP contribution in [0.4, 0.5) is 0 Å². The van der Waals surface area contributed by atoms with E-state index in [1.807, 2.05) is 30.1 Å². The van der Waals surface area contributed by atoms with Crippen LogP contribution in [-0.2, 0) is 11.3 Å². The highest BCUT2D eigenvalue weighted by molar-refractivity contribution is 5.76. The molecule has 0 aliphatic carbocycles. The Bertz CT molecular complexity index is 372. The number of rotatable bonds is 9. The van der Waals surface area contributed by atoms with Gasteiger partial charge in [-0.2, -0.15) is 0 Å². The Morgan fingerprint density at radius 3 is 2.15 bits per heavy atom. The maximum absolute atomic E-state index is 12.2. The molecule has 0 unspecified atom stereocenters. The molecule has 0 aliphatic heterocycles. The fourth-order valence-electron chi connectivity index (χ4n) is 2.36. The molecule has 0 spiro atoms. The molecule has 0 aliphatic rings. The number of benzene rings is 1. The number of nitrogens with zero attached hydrogens (tertiary/aromatic N) is 2. The molecule has 0 saturated carbocycles. The van der Waals surface area contributed by atoms with Gasteiger partial charge < -0.3 is 9.80 Å². The van der Waals surface area contributed by atoms with E-state index in [2.05, 4.69) is 30.9 Å². The fourth-order valence-corrected chi connectivity index (χ4v) is 2.36. The molecule has 0 heterocycles. The minimum Gasteiger partial charge on any atom is -0.341 e. The molecule has 1 amide bonds. The highest BCUT2D eigenvalue weighted by Crippen LogP contribution is 2.05. The van der Waals surface area contributed by atoms with E-state index in [0.717, 1.165) is 32.5 Å². The second-order valence-corrected chi connectivity index (χ2v) is 5.33. The van der Waals surface area contributed by atoms with E-state index in [1.54, 1.807) is 0 Å². The van der Waals surface area contributed by atoms with Gasteiger partial charge in [-0.3, -0.25) is 4.79 Å². The van der Waals surface area contributed by atoms with Crippen LogP contribution >= 0.6 is 0 Å². The van der Waals surface area contributed by atoms with Crippen LogP contribution in [0.3, 0.4) is 0 Å². The summed E-state index contributed by atoms with van der Waals surface area (Å²) >= 11 is 0. The van der Waals surface area contributed by atoms with Gasteiger partial charge in [0.2, 0.25) is 5.91 Å². The Hall–Kier alpha value is -1.35. The smallest absolute Gasteiger partial charge is 0.223 e. The predicted molar refractivity (Wildman–Crippen MR) is 84.6 cm³/mol. The zero-order valence-electron chi connectivity index (χ0n) is 13.1. The second kappa shape index (κ2) is 9.54. The first kappa shape index (κ1) is 16.7. The number of amides is 1. The van der Waals surface area contributed by atoms with Crippen LogP contribution in [-0.4, -0.2) is 42.4 Å². The van der Waals surface area contributed by atoms with Crippen LogP contribution in [0.5, 0.6) is 0 Å². The monoisotopic (exact) mass is 276 g/mol. The maximum Gasteiger partial charge on any atom is 0.223 e. The molecule has 3 heteroatoms. The maximum atomic E-state index is 12.2. The van der Waals surface area contributed by atoms with Gasteiger partial charge in [0.25, 0.3) is 0 Å². The van der Waals surface area contributed by atoms with Crippen molar-refractivity contribution in [2.24, 2.45) is 0 Å². The van der Waals surface area contributed by atoms with E-state index in [1.165, 1.54) is 5.56 Å². The molecule has 0 N–H and O–H groups in total. The van der Waals surface area contributed by atoms with Crippen LogP contribution in [0.15, 0.2) is 30.3 Å². The third-order valence-corrected chi connectivity index (χ3v) is 3.41. The molecule has 0 radical (unpaired) electrons. The lowest BCUT2D eigenvalue weighted by molar-refractivity contribution is -0.130. The van der Waals surface area contributed by atoms with Crippen LogP contribution < -0.4 is 0 Å². The van der Waals surface area contributed by atoms with Gasteiger partial charge in [-0.25, -0.2) is 0 Å². The van der Waals surface area contributed by atoms with Crippen molar-refractivity contribution in [1.29, 1.82) is 0 Å². The summed E-state index contributed by atoms with van der Waals surface area (Å²) in [6.45, 7) is 8.12. The topological polar surface area (TPSA) is 23.6 Å². The van der Waals surface area contributed by atoms with Gasteiger partial charge in [0, 0.05) is 26.6 Å². The molecule has 112 valence electrons. The van der Waals surface area contributed by atoms with E-state index in [9.17, 15) is 4.79 Å². The Morgan fingerprint density at radius 2 is 1.60 bits per heavy atom. The average molecular weight is 276 g/mol. The van der Waals surface area contributed by atoms with Gasteiger partial charge >= 0.3 is 0 Å². The quantitative estimate of drug-likeness (QED) is 0.691. The van der Waals surface area contributed by atoms with Crippen LogP contribution in [0.2, 0.25) is 0 Å². The molecule has 1 rings (SSSR count). The summed E-state index contributed by atoms with van der Waals surface area (Å²) in [7, 11) is 1.89. The van der Waals surface area contributed by atoms with E-state index < -0.39 is 0 Å². The normalized spacial score (nSPS) is 10.8. The van der Waals surface area contributed by atoms with Crippen molar-refractivity contribution in [3.63, 3.8) is 0 Å². The standard InChI is InChI=1S/C17H28N2O/c1-4-12-19(13-5-2)14-11-17(20)18(3)15-16-9-7-6-8-10-16/h6-10H,4-5,11-15H2,1-3H3.